The number of carbonyl (C=O) groups excluding carboxylic acids is 1. The molecule has 0 aliphatic rings. The number of benzene rings is 1. The van der Waals surface area contributed by atoms with Gasteiger partial charge >= 0.3 is 0 Å². The van der Waals surface area contributed by atoms with Crippen LogP contribution in [0.15, 0.2) is 12.1 Å². The quantitative estimate of drug-likeness (QED) is 0.573. The van der Waals surface area contributed by atoms with Gasteiger partial charge in [-0.15, -0.1) is 0 Å². The van der Waals surface area contributed by atoms with E-state index in [1.165, 1.54) is 0 Å². The number of carbonyl (C=O) groups is 1. The monoisotopic (exact) mass is 294 g/mol. The van der Waals surface area contributed by atoms with Crippen molar-refractivity contribution in [3.63, 3.8) is 0 Å². The van der Waals surface area contributed by atoms with Crippen LogP contribution in [-0.4, -0.2) is 5.78 Å². The lowest BCUT2D eigenvalue weighted by molar-refractivity contribution is 0.101. The van der Waals surface area contributed by atoms with Crippen molar-refractivity contribution in [1.29, 1.82) is 0 Å². The summed E-state index contributed by atoms with van der Waals surface area (Å²) in [4.78, 5) is 11.1. The van der Waals surface area contributed by atoms with Crippen LogP contribution >= 0.6 is 34.2 Å². The maximum atomic E-state index is 11.1. The van der Waals surface area contributed by atoms with E-state index in [1.54, 1.807) is 6.92 Å². The van der Waals surface area contributed by atoms with Gasteiger partial charge in [0.05, 0.1) is 5.02 Å². The highest BCUT2D eigenvalue weighted by Gasteiger charge is 2.06. The fourth-order valence-corrected chi connectivity index (χ4v) is 1.71. The first-order valence-electron chi connectivity index (χ1n) is 3.49. The van der Waals surface area contributed by atoms with Gasteiger partial charge in [-0.05, 0) is 54.1 Å². The Kier molecular flexibility index (Phi) is 3.12. The van der Waals surface area contributed by atoms with E-state index in [1.807, 2.05) is 19.1 Å². The van der Waals surface area contributed by atoms with Crippen molar-refractivity contribution in [3.05, 3.63) is 31.9 Å². The van der Waals surface area contributed by atoms with Crippen LogP contribution in [0.5, 0.6) is 0 Å². The molecule has 0 fully saturated rings. The summed E-state index contributed by atoms with van der Waals surface area (Å²) < 4.78 is 0.921. The SMILES string of the molecule is CC(=O)c1cc(I)c(Cl)cc1C. The van der Waals surface area contributed by atoms with Gasteiger partial charge in [-0.3, -0.25) is 4.79 Å². The molecular weight excluding hydrogens is 286 g/mol. The topological polar surface area (TPSA) is 17.1 Å². The molecular formula is C9H8ClIO. The zero-order valence-corrected chi connectivity index (χ0v) is 9.73. The molecule has 0 atom stereocenters. The Morgan fingerprint density at radius 2 is 2.08 bits per heavy atom. The molecule has 0 saturated carbocycles. The molecule has 3 heteroatoms. The van der Waals surface area contributed by atoms with Gasteiger partial charge in [-0.2, -0.15) is 0 Å². The lowest BCUT2D eigenvalue weighted by Crippen LogP contribution is -1.96. The smallest absolute Gasteiger partial charge is 0.160 e. The van der Waals surface area contributed by atoms with Gasteiger partial charge in [0.2, 0.25) is 0 Å². The zero-order chi connectivity index (χ0) is 9.30. The van der Waals surface area contributed by atoms with Crippen molar-refractivity contribution in [2.24, 2.45) is 0 Å². The van der Waals surface area contributed by atoms with Gasteiger partial charge in [0, 0.05) is 9.13 Å². The van der Waals surface area contributed by atoms with Crippen LogP contribution < -0.4 is 0 Å². The predicted molar refractivity (Wildman–Crippen MR) is 58.9 cm³/mol. The van der Waals surface area contributed by atoms with Gasteiger partial charge in [0.1, 0.15) is 0 Å². The fourth-order valence-electron chi connectivity index (χ4n) is 1.03. The molecule has 0 bridgehead atoms. The van der Waals surface area contributed by atoms with Crippen molar-refractivity contribution >= 4 is 40.0 Å². The lowest BCUT2D eigenvalue weighted by atomic mass is 10.1. The molecule has 0 aromatic heterocycles. The maximum Gasteiger partial charge on any atom is 0.160 e. The Morgan fingerprint density at radius 3 is 2.58 bits per heavy atom. The molecule has 0 radical (unpaired) electrons. The molecule has 0 aliphatic carbocycles. The highest BCUT2D eigenvalue weighted by atomic mass is 127. The Bertz CT molecular complexity index is 334. The summed E-state index contributed by atoms with van der Waals surface area (Å²) in [6, 6.07) is 3.64. The minimum Gasteiger partial charge on any atom is -0.295 e. The molecule has 0 amide bonds. The van der Waals surface area contributed by atoms with Crippen molar-refractivity contribution in [3.8, 4) is 0 Å². The standard InChI is InChI=1S/C9H8ClIO/c1-5-3-8(10)9(11)4-7(5)6(2)12/h3-4H,1-2H3. The number of rotatable bonds is 1. The Balaban J connectivity index is 3.33. The Hall–Kier alpha value is -0.0900. The first-order valence-corrected chi connectivity index (χ1v) is 4.94. The molecule has 0 unspecified atom stereocenters. The minimum absolute atomic E-state index is 0.0853. The third kappa shape index (κ3) is 1.98. The molecule has 0 heterocycles. The maximum absolute atomic E-state index is 11.1. The third-order valence-corrected chi connectivity index (χ3v) is 3.17. The van der Waals surface area contributed by atoms with Crippen molar-refractivity contribution in [2.45, 2.75) is 13.8 Å². The van der Waals surface area contributed by atoms with Crippen LogP contribution in [0.25, 0.3) is 0 Å². The molecule has 1 aromatic carbocycles. The molecule has 0 N–H and O–H groups in total. The first-order chi connectivity index (χ1) is 5.52. The van der Waals surface area contributed by atoms with Crippen molar-refractivity contribution in [2.75, 3.05) is 0 Å². The first kappa shape index (κ1) is 9.99. The van der Waals surface area contributed by atoms with Gasteiger partial charge in [0.25, 0.3) is 0 Å². The molecule has 1 aromatic rings. The van der Waals surface area contributed by atoms with E-state index >= 15 is 0 Å². The van der Waals surface area contributed by atoms with Crippen molar-refractivity contribution < 1.29 is 4.79 Å². The van der Waals surface area contributed by atoms with E-state index in [0.717, 1.165) is 14.7 Å². The number of hydrogen-bond donors (Lipinski definition) is 0. The summed E-state index contributed by atoms with van der Waals surface area (Å²) >= 11 is 7.99. The van der Waals surface area contributed by atoms with E-state index < -0.39 is 0 Å². The minimum atomic E-state index is 0.0853. The summed E-state index contributed by atoms with van der Waals surface area (Å²) in [6.07, 6.45) is 0. The van der Waals surface area contributed by atoms with E-state index in [9.17, 15) is 4.79 Å². The lowest BCUT2D eigenvalue weighted by Gasteiger charge is -2.03. The molecule has 1 nitrogen and oxygen atoms in total. The van der Waals surface area contributed by atoms with Crippen LogP contribution in [-0.2, 0) is 0 Å². The second-order valence-electron chi connectivity index (χ2n) is 2.64. The van der Waals surface area contributed by atoms with Crippen molar-refractivity contribution in [1.82, 2.24) is 0 Å². The Labute approximate surface area is 90.3 Å². The Morgan fingerprint density at radius 1 is 1.50 bits per heavy atom. The highest BCUT2D eigenvalue weighted by Crippen LogP contribution is 2.22. The summed E-state index contributed by atoms with van der Waals surface area (Å²) in [5.41, 5.74) is 1.69. The zero-order valence-electron chi connectivity index (χ0n) is 6.82. The van der Waals surface area contributed by atoms with Gasteiger partial charge in [-0.1, -0.05) is 11.6 Å². The van der Waals surface area contributed by atoms with Crippen LogP contribution in [0.3, 0.4) is 0 Å². The molecule has 0 saturated heterocycles. The number of hydrogen-bond acceptors (Lipinski definition) is 1. The molecule has 0 aliphatic heterocycles. The van der Waals surface area contributed by atoms with Crippen LogP contribution in [0.2, 0.25) is 5.02 Å². The number of halogens is 2. The average molecular weight is 295 g/mol. The number of ketones is 1. The van der Waals surface area contributed by atoms with Gasteiger partial charge in [0.15, 0.2) is 5.78 Å². The highest BCUT2D eigenvalue weighted by molar-refractivity contribution is 14.1. The van der Waals surface area contributed by atoms with E-state index in [2.05, 4.69) is 22.6 Å². The molecule has 12 heavy (non-hydrogen) atoms. The molecule has 0 spiro atoms. The summed E-state index contributed by atoms with van der Waals surface area (Å²) in [7, 11) is 0. The summed E-state index contributed by atoms with van der Waals surface area (Å²) in [6.45, 7) is 3.45. The third-order valence-electron chi connectivity index (χ3n) is 1.65. The number of aryl methyl sites for hydroxylation is 1. The fraction of sp³-hybridized carbons (Fsp3) is 0.222. The average Bonchev–Trinajstić information content (AvgIpc) is 1.96. The van der Waals surface area contributed by atoms with Crippen LogP contribution in [0, 0.1) is 10.5 Å². The van der Waals surface area contributed by atoms with Gasteiger partial charge in [-0.25, -0.2) is 0 Å². The molecule has 1 rings (SSSR count). The summed E-state index contributed by atoms with van der Waals surface area (Å²) in [5.74, 6) is 0.0853. The normalized spacial score (nSPS) is 10.0. The van der Waals surface area contributed by atoms with E-state index in [0.29, 0.717) is 5.02 Å². The second kappa shape index (κ2) is 3.75. The summed E-state index contributed by atoms with van der Waals surface area (Å²) in [5, 5.41) is 0.707. The molecule has 64 valence electrons. The predicted octanol–water partition coefficient (Wildman–Crippen LogP) is 3.46. The van der Waals surface area contributed by atoms with Gasteiger partial charge < -0.3 is 0 Å². The number of Topliss-reactive ketones (excluding diaryl/α,β-unsaturated/α-hetero) is 1. The van der Waals surface area contributed by atoms with E-state index in [-0.39, 0.29) is 5.78 Å². The van der Waals surface area contributed by atoms with E-state index in [4.69, 9.17) is 11.6 Å². The van der Waals surface area contributed by atoms with Crippen LogP contribution in [0.1, 0.15) is 22.8 Å². The largest absolute Gasteiger partial charge is 0.295 e. The second-order valence-corrected chi connectivity index (χ2v) is 4.21. The van der Waals surface area contributed by atoms with Crippen LogP contribution in [0.4, 0.5) is 0 Å².